The number of benzene rings is 2. The first-order chi connectivity index (χ1) is 13.4. The fraction of sp³-hybridized carbons (Fsp3) is 0.286. The van der Waals surface area contributed by atoms with Gasteiger partial charge < -0.3 is 4.74 Å². The molecule has 0 aliphatic carbocycles. The third kappa shape index (κ3) is 4.67. The Kier molecular flexibility index (Phi) is 5.94. The number of nitrogens with zero attached hydrogens (tertiary/aromatic N) is 3. The summed E-state index contributed by atoms with van der Waals surface area (Å²) in [4.78, 5) is 0. The van der Waals surface area contributed by atoms with Crippen molar-refractivity contribution in [2.24, 2.45) is 5.10 Å². The SMILES string of the molecule is CCOc1ccc(-c2n[nH]c(=S)n2N/N=C/c2ccc(C(C)(C)C)cc2)cc1. The third-order valence-corrected chi connectivity index (χ3v) is 4.52. The molecule has 3 aromatic rings. The van der Waals surface area contributed by atoms with Crippen LogP contribution in [0.3, 0.4) is 0 Å². The minimum Gasteiger partial charge on any atom is -0.494 e. The number of nitrogens with one attached hydrogen (secondary N) is 2. The second-order valence-electron chi connectivity index (χ2n) is 7.38. The maximum absolute atomic E-state index is 5.48. The van der Waals surface area contributed by atoms with Crippen molar-refractivity contribution in [2.75, 3.05) is 12.1 Å². The van der Waals surface area contributed by atoms with Gasteiger partial charge in [0.1, 0.15) is 5.75 Å². The molecule has 0 radical (unpaired) electrons. The molecule has 2 N–H and O–H groups in total. The van der Waals surface area contributed by atoms with Crippen LogP contribution >= 0.6 is 12.2 Å². The zero-order valence-corrected chi connectivity index (χ0v) is 17.4. The summed E-state index contributed by atoms with van der Waals surface area (Å²) in [5.74, 6) is 1.46. The van der Waals surface area contributed by atoms with Crippen molar-refractivity contribution in [1.29, 1.82) is 0 Å². The summed E-state index contributed by atoms with van der Waals surface area (Å²) in [6, 6.07) is 16.0. The monoisotopic (exact) mass is 395 g/mol. The lowest BCUT2D eigenvalue weighted by atomic mass is 9.87. The Bertz CT molecular complexity index is 995. The van der Waals surface area contributed by atoms with E-state index in [4.69, 9.17) is 17.0 Å². The molecule has 0 aliphatic heterocycles. The zero-order valence-electron chi connectivity index (χ0n) is 16.6. The van der Waals surface area contributed by atoms with E-state index in [0.29, 0.717) is 17.2 Å². The summed E-state index contributed by atoms with van der Waals surface area (Å²) in [6.07, 6.45) is 1.75. The molecule has 146 valence electrons. The average molecular weight is 396 g/mol. The summed E-state index contributed by atoms with van der Waals surface area (Å²) in [5.41, 5.74) is 6.26. The molecule has 3 rings (SSSR count). The van der Waals surface area contributed by atoms with Crippen LogP contribution in [0.2, 0.25) is 0 Å². The lowest BCUT2D eigenvalue weighted by molar-refractivity contribution is 0.340. The number of hydrogen-bond donors (Lipinski definition) is 2. The molecule has 28 heavy (non-hydrogen) atoms. The lowest BCUT2D eigenvalue weighted by Crippen LogP contribution is -2.11. The Morgan fingerprint density at radius 1 is 1.14 bits per heavy atom. The second kappa shape index (κ2) is 8.39. The molecule has 0 spiro atoms. The van der Waals surface area contributed by atoms with E-state index in [1.54, 1.807) is 10.9 Å². The molecule has 0 fully saturated rings. The quantitative estimate of drug-likeness (QED) is 0.355. The Hall–Kier alpha value is -2.93. The van der Waals surface area contributed by atoms with Crippen LogP contribution in [0.4, 0.5) is 0 Å². The molecular weight excluding hydrogens is 370 g/mol. The van der Waals surface area contributed by atoms with Crippen LogP contribution in [0.25, 0.3) is 11.4 Å². The maximum atomic E-state index is 5.48. The first-order valence-electron chi connectivity index (χ1n) is 9.19. The maximum Gasteiger partial charge on any atom is 0.216 e. The van der Waals surface area contributed by atoms with Gasteiger partial charge in [0.15, 0.2) is 5.82 Å². The summed E-state index contributed by atoms with van der Waals surface area (Å²) in [7, 11) is 0. The molecule has 0 atom stereocenters. The molecule has 0 bridgehead atoms. The van der Waals surface area contributed by atoms with E-state index in [1.807, 2.05) is 43.3 Å². The Morgan fingerprint density at radius 3 is 2.43 bits per heavy atom. The molecule has 0 unspecified atom stereocenters. The van der Waals surface area contributed by atoms with E-state index in [9.17, 15) is 0 Å². The van der Waals surface area contributed by atoms with E-state index in [-0.39, 0.29) is 5.41 Å². The van der Waals surface area contributed by atoms with E-state index in [1.165, 1.54) is 5.56 Å². The largest absolute Gasteiger partial charge is 0.494 e. The van der Waals surface area contributed by atoms with Gasteiger partial charge in [0.2, 0.25) is 4.77 Å². The molecule has 1 aromatic heterocycles. The van der Waals surface area contributed by atoms with Crippen molar-refractivity contribution in [3.8, 4) is 17.1 Å². The second-order valence-corrected chi connectivity index (χ2v) is 7.76. The van der Waals surface area contributed by atoms with Crippen molar-refractivity contribution in [3.63, 3.8) is 0 Å². The smallest absolute Gasteiger partial charge is 0.216 e. The third-order valence-electron chi connectivity index (χ3n) is 4.24. The van der Waals surface area contributed by atoms with Crippen molar-refractivity contribution >= 4 is 18.4 Å². The van der Waals surface area contributed by atoms with Crippen LogP contribution in [0.5, 0.6) is 5.75 Å². The molecule has 0 aliphatic rings. The van der Waals surface area contributed by atoms with Gasteiger partial charge in [-0.05, 0) is 59.9 Å². The Labute approximate surface area is 170 Å². The molecule has 0 amide bonds. The number of rotatable bonds is 6. The lowest BCUT2D eigenvalue weighted by Gasteiger charge is -2.18. The van der Waals surface area contributed by atoms with Crippen LogP contribution in [0.15, 0.2) is 53.6 Å². The topological polar surface area (TPSA) is 67.2 Å². The minimum atomic E-state index is 0.129. The van der Waals surface area contributed by atoms with Gasteiger partial charge in [-0.2, -0.15) is 14.9 Å². The molecule has 7 heteroatoms. The minimum absolute atomic E-state index is 0.129. The number of aromatic amines is 1. The van der Waals surface area contributed by atoms with E-state index in [0.717, 1.165) is 16.9 Å². The first-order valence-corrected chi connectivity index (χ1v) is 9.59. The molecule has 6 nitrogen and oxygen atoms in total. The first kappa shape index (κ1) is 19.8. The van der Waals surface area contributed by atoms with Gasteiger partial charge in [-0.1, -0.05) is 45.0 Å². The highest BCUT2D eigenvalue weighted by atomic mass is 32.1. The van der Waals surface area contributed by atoms with E-state index >= 15 is 0 Å². The van der Waals surface area contributed by atoms with Crippen LogP contribution in [0.1, 0.15) is 38.8 Å². The van der Waals surface area contributed by atoms with Gasteiger partial charge in [-0.25, -0.2) is 10.6 Å². The number of ether oxygens (including phenoxy) is 1. The van der Waals surface area contributed by atoms with Gasteiger partial charge >= 0.3 is 0 Å². The van der Waals surface area contributed by atoms with Gasteiger partial charge in [-0.3, -0.25) is 0 Å². The molecule has 0 saturated carbocycles. The van der Waals surface area contributed by atoms with Crippen molar-refractivity contribution in [1.82, 2.24) is 14.9 Å². The number of H-pyrrole nitrogens is 1. The Balaban J connectivity index is 1.75. The predicted molar refractivity (Wildman–Crippen MR) is 116 cm³/mol. The molecular formula is C21H25N5OS. The number of hydrazone groups is 1. The van der Waals surface area contributed by atoms with Crippen LogP contribution in [0, 0.1) is 4.77 Å². The highest BCUT2D eigenvalue weighted by molar-refractivity contribution is 7.71. The van der Waals surface area contributed by atoms with Crippen molar-refractivity contribution in [3.05, 3.63) is 64.4 Å². The highest BCUT2D eigenvalue weighted by Gasteiger charge is 2.12. The summed E-state index contributed by atoms with van der Waals surface area (Å²) in [5, 5.41) is 11.4. The van der Waals surface area contributed by atoms with Gasteiger partial charge in [0.25, 0.3) is 0 Å². The van der Waals surface area contributed by atoms with Crippen molar-refractivity contribution in [2.45, 2.75) is 33.1 Å². The number of hydrogen-bond acceptors (Lipinski definition) is 5. The van der Waals surface area contributed by atoms with Crippen LogP contribution < -0.4 is 10.3 Å². The standard InChI is InChI=1S/C21H25N5OS/c1-5-27-18-12-8-16(9-13-18)19-23-24-20(28)26(19)25-22-14-15-6-10-17(11-7-15)21(2,3)4/h6-14,25H,5H2,1-4H3,(H,24,28)/b22-14+. The number of aromatic nitrogens is 3. The summed E-state index contributed by atoms with van der Waals surface area (Å²) in [6.45, 7) is 9.17. The van der Waals surface area contributed by atoms with Crippen molar-refractivity contribution < 1.29 is 4.74 Å². The summed E-state index contributed by atoms with van der Waals surface area (Å²) >= 11 is 5.31. The van der Waals surface area contributed by atoms with E-state index in [2.05, 4.69) is 53.7 Å². The Morgan fingerprint density at radius 2 is 1.82 bits per heavy atom. The molecule has 1 heterocycles. The van der Waals surface area contributed by atoms with Gasteiger partial charge in [0.05, 0.1) is 12.8 Å². The normalized spacial score (nSPS) is 11.7. The predicted octanol–water partition coefficient (Wildman–Crippen LogP) is 4.88. The zero-order chi connectivity index (χ0) is 20.1. The summed E-state index contributed by atoms with van der Waals surface area (Å²) < 4.78 is 7.54. The van der Waals surface area contributed by atoms with E-state index < -0.39 is 0 Å². The molecule has 0 saturated heterocycles. The van der Waals surface area contributed by atoms with Crippen LogP contribution in [-0.4, -0.2) is 27.7 Å². The molecule has 2 aromatic carbocycles. The average Bonchev–Trinajstić information content (AvgIpc) is 3.03. The highest BCUT2D eigenvalue weighted by Crippen LogP contribution is 2.22. The van der Waals surface area contributed by atoms with Gasteiger partial charge in [-0.15, -0.1) is 0 Å². The fourth-order valence-corrected chi connectivity index (χ4v) is 2.85. The van der Waals surface area contributed by atoms with Gasteiger partial charge in [0, 0.05) is 5.56 Å². The van der Waals surface area contributed by atoms with Crippen LogP contribution in [-0.2, 0) is 5.41 Å². The fourth-order valence-electron chi connectivity index (χ4n) is 2.68.